The fourth-order valence-electron chi connectivity index (χ4n) is 2.71. The molecule has 0 amide bonds. The van der Waals surface area contributed by atoms with Crippen LogP contribution in [0, 0.1) is 6.92 Å². The molecular formula is C20H16N2O. The fraction of sp³-hybridized carbons (Fsp3) is 0.0500. The summed E-state index contributed by atoms with van der Waals surface area (Å²) in [7, 11) is 0. The Morgan fingerprint density at radius 3 is 2.39 bits per heavy atom. The van der Waals surface area contributed by atoms with Gasteiger partial charge in [-0.3, -0.25) is 0 Å². The molecule has 0 radical (unpaired) electrons. The lowest BCUT2D eigenvalue weighted by Gasteiger charge is -2.11. The molecule has 0 aliphatic carbocycles. The van der Waals surface area contributed by atoms with Gasteiger partial charge >= 0.3 is 0 Å². The van der Waals surface area contributed by atoms with E-state index in [2.05, 4.69) is 23.3 Å². The molecule has 0 bridgehead atoms. The zero-order valence-electron chi connectivity index (χ0n) is 12.8. The zero-order chi connectivity index (χ0) is 15.6. The Morgan fingerprint density at radius 2 is 1.61 bits per heavy atom. The highest BCUT2D eigenvalue weighted by atomic mass is 16.5. The molecule has 1 aromatic heterocycles. The second-order valence-electron chi connectivity index (χ2n) is 5.51. The average Bonchev–Trinajstić information content (AvgIpc) is 3.02. The lowest BCUT2D eigenvalue weighted by atomic mass is 10.1. The number of aromatic nitrogens is 2. The van der Waals surface area contributed by atoms with Gasteiger partial charge in [-0.2, -0.15) is 5.10 Å². The maximum Gasteiger partial charge on any atom is 0.135 e. The summed E-state index contributed by atoms with van der Waals surface area (Å²) < 4.78 is 7.96. The smallest absolute Gasteiger partial charge is 0.135 e. The molecular weight excluding hydrogens is 284 g/mol. The van der Waals surface area contributed by atoms with E-state index in [-0.39, 0.29) is 0 Å². The molecule has 3 nitrogen and oxygen atoms in total. The minimum atomic E-state index is 0.834. The van der Waals surface area contributed by atoms with Gasteiger partial charge in [-0.05, 0) is 36.8 Å². The molecule has 4 rings (SSSR count). The molecule has 1 heterocycles. The number of hydrogen-bond acceptors (Lipinski definition) is 2. The molecule has 0 saturated carbocycles. The first-order chi connectivity index (χ1) is 11.3. The Bertz CT molecular complexity index is 958. The molecule has 0 spiro atoms. The van der Waals surface area contributed by atoms with Crippen LogP contribution in [0.3, 0.4) is 0 Å². The van der Waals surface area contributed by atoms with Crippen LogP contribution in [-0.4, -0.2) is 9.78 Å². The normalized spacial score (nSPS) is 10.8. The Labute approximate surface area is 134 Å². The maximum absolute atomic E-state index is 6.06. The minimum Gasteiger partial charge on any atom is -0.457 e. The predicted octanol–water partition coefficient (Wildman–Crippen LogP) is 5.13. The van der Waals surface area contributed by atoms with Crippen LogP contribution in [0.4, 0.5) is 0 Å². The number of fused-ring (bicyclic) bond motifs is 1. The van der Waals surface area contributed by atoms with Crippen molar-refractivity contribution in [3.8, 4) is 17.2 Å². The largest absolute Gasteiger partial charge is 0.457 e. The topological polar surface area (TPSA) is 27.1 Å². The van der Waals surface area contributed by atoms with E-state index in [1.165, 1.54) is 0 Å². The third-order valence-electron chi connectivity index (χ3n) is 3.79. The summed E-state index contributed by atoms with van der Waals surface area (Å²) in [6.07, 6.45) is 3.89. The number of ether oxygens (including phenoxy) is 1. The lowest BCUT2D eigenvalue weighted by molar-refractivity contribution is 0.488. The van der Waals surface area contributed by atoms with Crippen molar-refractivity contribution in [3.05, 3.63) is 84.7 Å². The molecule has 0 aliphatic rings. The SMILES string of the molecule is Cc1cnn(-c2cccc3c(Oc4ccccc4)cccc23)c1. The molecule has 0 aliphatic heterocycles. The van der Waals surface area contributed by atoms with Gasteiger partial charge in [-0.25, -0.2) is 4.68 Å². The van der Waals surface area contributed by atoms with E-state index in [1.54, 1.807) is 0 Å². The van der Waals surface area contributed by atoms with Gasteiger partial charge in [0.1, 0.15) is 11.5 Å². The molecule has 0 atom stereocenters. The van der Waals surface area contributed by atoms with Crippen LogP contribution in [0.5, 0.6) is 11.5 Å². The highest BCUT2D eigenvalue weighted by Gasteiger charge is 2.08. The van der Waals surface area contributed by atoms with E-state index in [4.69, 9.17) is 4.74 Å². The molecule has 23 heavy (non-hydrogen) atoms. The van der Waals surface area contributed by atoms with Crippen molar-refractivity contribution in [1.29, 1.82) is 0 Å². The fourth-order valence-corrected chi connectivity index (χ4v) is 2.71. The van der Waals surface area contributed by atoms with E-state index in [9.17, 15) is 0 Å². The van der Waals surface area contributed by atoms with E-state index in [1.807, 2.05) is 72.5 Å². The average molecular weight is 300 g/mol. The highest BCUT2D eigenvalue weighted by molar-refractivity contribution is 5.94. The first-order valence-electron chi connectivity index (χ1n) is 7.57. The van der Waals surface area contributed by atoms with E-state index >= 15 is 0 Å². The summed E-state index contributed by atoms with van der Waals surface area (Å²) in [5.41, 5.74) is 2.19. The van der Waals surface area contributed by atoms with Crippen LogP contribution in [-0.2, 0) is 0 Å². The second-order valence-corrected chi connectivity index (χ2v) is 5.51. The quantitative estimate of drug-likeness (QED) is 0.524. The summed E-state index contributed by atoms with van der Waals surface area (Å²) in [5.74, 6) is 1.68. The van der Waals surface area contributed by atoms with Gasteiger partial charge in [0, 0.05) is 17.0 Å². The van der Waals surface area contributed by atoms with Gasteiger partial charge in [0.2, 0.25) is 0 Å². The summed E-state index contributed by atoms with van der Waals surface area (Å²) in [6, 6.07) is 22.1. The molecule has 4 aromatic rings. The number of para-hydroxylation sites is 1. The van der Waals surface area contributed by atoms with Gasteiger partial charge in [0.05, 0.1) is 11.9 Å². The van der Waals surface area contributed by atoms with Gasteiger partial charge in [-0.15, -0.1) is 0 Å². The summed E-state index contributed by atoms with van der Waals surface area (Å²) in [5, 5.41) is 6.61. The Balaban J connectivity index is 1.85. The van der Waals surface area contributed by atoms with Gasteiger partial charge in [0.15, 0.2) is 0 Å². The van der Waals surface area contributed by atoms with Gasteiger partial charge in [0.25, 0.3) is 0 Å². The highest BCUT2D eigenvalue weighted by Crippen LogP contribution is 2.32. The monoisotopic (exact) mass is 300 g/mol. The summed E-state index contributed by atoms with van der Waals surface area (Å²) in [6.45, 7) is 2.04. The van der Waals surface area contributed by atoms with Crippen molar-refractivity contribution < 1.29 is 4.74 Å². The first kappa shape index (κ1) is 13.6. The van der Waals surface area contributed by atoms with Crippen molar-refractivity contribution >= 4 is 10.8 Å². The van der Waals surface area contributed by atoms with E-state index in [0.717, 1.165) is 33.5 Å². The number of aryl methyl sites for hydroxylation is 1. The zero-order valence-corrected chi connectivity index (χ0v) is 12.8. The first-order valence-corrected chi connectivity index (χ1v) is 7.57. The van der Waals surface area contributed by atoms with Crippen LogP contribution in [0.15, 0.2) is 79.1 Å². The molecule has 112 valence electrons. The molecule has 0 unspecified atom stereocenters. The third kappa shape index (κ3) is 2.57. The predicted molar refractivity (Wildman–Crippen MR) is 92.3 cm³/mol. The van der Waals surface area contributed by atoms with Crippen molar-refractivity contribution in [2.24, 2.45) is 0 Å². The summed E-state index contributed by atoms with van der Waals surface area (Å²) >= 11 is 0. The minimum absolute atomic E-state index is 0.834. The van der Waals surface area contributed by atoms with Gasteiger partial charge in [-0.1, -0.05) is 42.5 Å². The Hall–Kier alpha value is -3.07. The van der Waals surface area contributed by atoms with Crippen LogP contribution < -0.4 is 4.74 Å². The second kappa shape index (κ2) is 5.61. The van der Waals surface area contributed by atoms with Crippen LogP contribution in [0.1, 0.15) is 5.56 Å². The van der Waals surface area contributed by atoms with Crippen LogP contribution in [0.2, 0.25) is 0 Å². The summed E-state index contributed by atoms with van der Waals surface area (Å²) in [4.78, 5) is 0. The maximum atomic E-state index is 6.06. The Kier molecular flexibility index (Phi) is 3.31. The van der Waals surface area contributed by atoms with Crippen LogP contribution in [0.25, 0.3) is 16.5 Å². The van der Waals surface area contributed by atoms with Crippen molar-refractivity contribution in [2.75, 3.05) is 0 Å². The third-order valence-corrected chi connectivity index (χ3v) is 3.79. The molecule has 0 saturated heterocycles. The molecule has 3 heteroatoms. The van der Waals surface area contributed by atoms with E-state index < -0.39 is 0 Å². The standard InChI is InChI=1S/C20H16N2O/c1-15-13-21-22(14-15)19-11-5-10-18-17(19)9-6-12-20(18)23-16-7-3-2-4-8-16/h2-14H,1H3. The number of nitrogens with zero attached hydrogens (tertiary/aromatic N) is 2. The molecule has 0 N–H and O–H groups in total. The molecule has 0 fully saturated rings. The number of rotatable bonds is 3. The van der Waals surface area contributed by atoms with Crippen molar-refractivity contribution in [2.45, 2.75) is 6.92 Å². The van der Waals surface area contributed by atoms with Crippen molar-refractivity contribution in [1.82, 2.24) is 9.78 Å². The van der Waals surface area contributed by atoms with Crippen LogP contribution >= 0.6 is 0 Å². The molecule has 3 aromatic carbocycles. The van der Waals surface area contributed by atoms with E-state index in [0.29, 0.717) is 0 Å². The number of benzene rings is 3. The Morgan fingerprint density at radius 1 is 0.826 bits per heavy atom. The van der Waals surface area contributed by atoms with Gasteiger partial charge < -0.3 is 4.74 Å². The number of hydrogen-bond donors (Lipinski definition) is 0. The lowest BCUT2D eigenvalue weighted by Crippen LogP contribution is -1.96. The van der Waals surface area contributed by atoms with Crippen molar-refractivity contribution in [3.63, 3.8) is 0 Å².